The predicted molar refractivity (Wildman–Crippen MR) is 135 cm³/mol. The quantitative estimate of drug-likeness (QED) is 0.122. The van der Waals surface area contributed by atoms with Crippen LogP contribution < -0.4 is 0 Å². The summed E-state index contributed by atoms with van der Waals surface area (Å²) in [6.45, 7) is 5.94. The number of cyclic esters (lactones) is 1. The van der Waals surface area contributed by atoms with E-state index in [-0.39, 0.29) is 11.5 Å². The van der Waals surface area contributed by atoms with Crippen molar-refractivity contribution in [3.63, 3.8) is 0 Å². The van der Waals surface area contributed by atoms with E-state index in [1.54, 1.807) is 19.1 Å². The number of rotatable bonds is 6. The Morgan fingerprint density at radius 3 is 2.54 bits per heavy atom. The van der Waals surface area contributed by atoms with E-state index in [1.807, 2.05) is 13.0 Å². The van der Waals surface area contributed by atoms with Gasteiger partial charge in [0.1, 0.15) is 41.0 Å². The van der Waals surface area contributed by atoms with Crippen LogP contribution in [-0.4, -0.2) is 86.8 Å². The molecule has 2 heterocycles. The first-order chi connectivity index (χ1) is 18.3. The summed E-state index contributed by atoms with van der Waals surface area (Å²) in [6, 6.07) is 0. The fourth-order valence-electron chi connectivity index (χ4n) is 6.61. The molecule has 9 atom stereocenters. The van der Waals surface area contributed by atoms with Crippen LogP contribution in [0.15, 0.2) is 35.5 Å². The third-order valence-corrected chi connectivity index (χ3v) is 8.81. The number of esters is 3. The normalized spacial score (nSPS) is 42.3. The Labute approximate surface area is 227 Å². The Kier molecular flexibility index (Phi) is 8.13. The van der Waals surface area contributed by atoms with E-state index in [2.05, 4.69) is 0 Å². The number of ether oxygens (including phenoxy) is 4. The highest BCUT2D eigenvalue weighted by Gasteiger charge is 2.74. The van der Waals surface area contributed by atoms with Gasteiger partial charge in [0.25, 0.3) is 0 Å². The summed E-state index contributed by atoms with van der Waals surface area (Å²) in [6.07, 6.45) is 1.76. The first-order valence-corrected chi connectivity index (χ1v) is 13.3. The Morgan fingerprint density at radius 2 is 1.87 bits per heavy atom. The van der Waals surface area contributed by atoms with Gasteiger partial charge in [-0.15, -0.1) is 0 Å². The molecule has 0 unspecified atom stereocenters. The lowest BCUT2D eigenvalue weighted by Crippen LogP contribution is -2.65. The van der Waals surface area contributed by atoms with Crippen molar-refractivity contribution in [2.75, 3.05) is 6.61 Å². The fourth-order valence-corrected chi connectivity index (χ4v) is 6.61. The number of hydrogen-bond acceptors (Lipinski definition) is 11. The summed E-state index contributed by atoms with van der Waals surface area (Å²) in [5.74, 6) is -2.01. The standard InChI is InChI=1S/C28H38O11/c1-15-7-11-27-12-9-19(28(27,13-8-15)38-17(3)30)26(4,39-25(27)35)10-5-6-16(2)23(34)37-24-22(33)21(32)20(31)18(14-29)36-24/h5-7,10,18-22,24,29,31-33H,8-9,11-14H2,1-4H3/b10-5+,16-6+/t18-,19+,20-,21+,22-,24+,26-,27-,28+/m1/s1. The second kappa shape index (κ2) is 10.8. The molecule has 4 N–H and O–H groups in total. The molecule has 39 heavy (non-hydrogen) atoms. The second-order valence-electron chi connectivity index (χ2n) is 11.3. The highest BCUT2D eigenvalue weighted by molar-refractivity contribution is 5.88. The number of carbonyl (C=O) groups is 3. The van der Waals surface area contributed by atoms with E-state index in [9.17, 15) is 34.8 Å². The topological polar surface area (TPSA) is 169 Å². The van der Waals surface area contributed by atoms with Gasteiger partial charge in [0, 0.05) is 18.4 Å². The average Bonchev–Trinajstić information content (AvgIpc) is 3.05. The maximum Gasteiger partial charge on any atom is 0.336 e. The smallest absolute Gasteiger partial charge is 0.336 e. The molecule has 216 valence electrons. The van der Waals surface area contributed by atoms with Crippen molar-refractivity contribution in [3.8, 4) is 0 Å². The van der Waals surface area contributed by atoms with Crippen LogP contribution in [0.5, 0.6) is 0 Å². The zero-order valence-electron chi connectivity index (χ0n) is 22.7. The van der Waals surface area contributed by atoms with Gasteiger partial charge < -0.3 is 39.4 Å². The van der Waals surface area contributed by atoms with Crippen LogP contribution in [0.1, 0.15) is 59.8 Å². The molecule has 3 fully saturated rings. The molecule has 0 radical (unpaired) electrons. The van der Waals surface area contributed by atoms with Crippen LogP contribution in [0.2, 0.25) is 0 Å². The molecular formula is C28H38O11. The average molecular weight is 551 g/mol. The predicted octanol–water partition coefficient (Wildman–Crippen LogP) is 0.976. The molecule has 4 aliphatic rings. The van der Waals surface area contributed by atoms with Crippen LogP contribution in [-0.2, 0) is 33.3 Å². The first kappa shape index (κ1) is 29.4. The SMILES string of the molecule is CC(=O)O[C@]12CCC(C)=CC[C@]13CC[C@H]2[C@@](C)(/C=C/C=C(\C)C(=O)O[C@@H]1O[C@H](CO)[C@@H](O)[C@H](O)[C@H]1O)OC3=O. The van der Waals surface area contributed by atoms with Crippen molar-refractivity contribution in [2.45, 2.75) is 102 Å². The zero-order chi connectivity index (χ0) is 28.8. The molecular weight excluding hydrogens is 512 g/mol. The molecule has 11 heteroatoms. The minimum atomic E-state index is -1.71. The second-order valence-corrected chi connectivity index (χ2v) is 11.3. The van der Waals surface area contributed by atoms with Crippen molar-refractivity contribution >= 4 is 17.9 Å². The molecule has 0 aromatic rings. The summed E-state index contributed by atoms with van der Waals surface area (Å²) in [5, 5.41) is 39.2. The Bertz CT molecular complexity index is 1090. The number of carbonyl (C=O) groups excluding carboxylic acids is 3. The van der Waals surface area contributed by atoms with Gasteiger partial charge >= 0.3 is 17.9 Å². The molecule has 2 aliphatic heterocycles. The number of hydrogen-bond donors (Lipinski definition) is 4. The van der Waals surface area contributed by atoms with Gasteiger partial charge in [-0.1, -0.05) is 23.8 Å². The van der Waals surface area contributed by atoms with Gasteiger partial charge in [-0.25, -0.2) is 4.79 Å². The van der Waals surface area contributed by atoms with E-state index in [4.69, 9.17) is 18.9 Å². The summed E-state index contributed by atoms with van der Waals surface area (Å²) < 4.78 is 22.5. The first-order valence-electron chi connectivity index (χ1n) is 13.3. The van der Waals surface area contributed by atoms with Crippen molar-refractivity contribution in [1.29, 1.82) is 0 Å². The highest BCUT2D eigenvalue weighted by Crippen LogP contribution is 2.65. The van der Waals surface area contributed by atoms with Crippen LogP contribution in [0.3, 0.4) is 0 Å². The molecule has 0 spiro atoms. The number of aliphatic hydroxyl groups is 4. The maximum absolute atomic E-state index is 13.6. The van der Waals surface area contributed by atoms with Crippen molar-refractivity contribution in [2.24, 2.45) is 11.3 Å². The summed E-state index contributed by atoms with van der Waals surface area (Å²) in [4.78, 5) is 38.5. The number of aliphatic hydroxyl groups excluding tert-OH is 4. The van der Waals surface area contributed by atoms with E-state index in [0.29, 0.717) is 32.1 Å². The van der Waals surface area contributed by atoms with E-state index in [0.717, 1.165) is 5.57 Å². The lowest BCUT2D eigenvalue weighted by atomic mass is 9.62. The Morgan fingerprint density at radius 1 is 1.15 bits per heavy atom. The van der Waals surface area contributed by atoms with Gasteiger partial charge in [0.15, 0.2) is 0 Å². The summed E-state index contributed by atoms with van der Waals surface area (Å²) in [7, 11) is 0. The van der Waals surface area contributed by atoms with Gasteiger partial charge in [-0.3, -0.25) is 9.59 Å². The molecule has 2 aliphatic carbocycles. The zero-order valence-corrected chi connectivity index (χ0v) is 22.7. The summed E-state index contributed by atoms with van der Waals surface area (Å²) in [5.41, 5.74) is -1.81. The molecule has 2 saturated heterocycles. The molecule has 0 aromatic heterocycles. The third-order valence-electron chi connectivity index (χ3n) is 8.81. The van der Waals surface area contributed by atoms with Crippen LogP contribution in [0.25, 0.3) is 0 Å². The van der Waals surface area contributed by atoms with Crippen molar-refractivity contribution < 1.29 is 53.8 Å². The molecule has 0 aromatic carbocycles. The van der Waals surface area contributed by atoms with E-state index >= 15 is 0 Å². The minimum absolute atomic E-state index is 0.110. The third kappa shape index (κ3) is 4.95. The maximum atomic E-state index is 13.6. The molecule has 2 bridgehead atoms. The largest absolute Gasteiger partial charge is 0.458 e. The van der Waals surface area contributed by atoms with E-state index in [1.165, 1.54) is 19.9 Å². The minimum Gasteiger partial charge on any atom is -0.458 e. The molecule has 11 nitrogen and oxygen atoms in total. The van der Waals surface area contributed by atoms with Crippen molar-refractivity contribution in [3.05, 3.63) is 35.5 Å². The van der Waals surface area contributed by atoms with Crippen LogP contribution in [0.4, 0.5) is 0 Å². The van der Waals surface area contributed by atoms with Gasteiger partial charge in [-0.05, 0) is 59.0 Å². The van der Waals surface area contributed by atoms with Gasteiger partial charge in [0.2, 0.25) is 6.29 Å². The van der Waals surface area contributed by atoms with Gasteiger partial charge in [0.05, 0.1) is 6.61 Å². The fraction of sp³-hybridized carbons (Fsp3) is 0.679. The lowest BCUT2D eigenvalue weighted by molar-refractivity contribution is -0.291. The summed E-state index contributed by atoms with van der Waals surface area (Å²) >= 11 is 0. The van der Waals surface area contributed by atoms with Gasteiger partial charge in [-0.2, -0.15) is 0 Å². The molecule has 4 rings (SSSR count). The molecule has 0 amide bonds. The number of allylic oxidation sites excluding steroid dienone is 4. The highest BCUT2D eigenvalue weighted by atomic mass is 16.7. The Balaban J connectivity index is 1.54. The van der Waals surface area contributed by atoms with Crippen molar-refractivity contribution in [1.82, 2.24) is 0 Å². The monoisotopic (exact) mass is 550 g/mol. The van der Waals surface area contributed by atoms with Crippen LogP contribution in [0, 0.1) is 11.3 Å². The molecule has 1 saturated carbocycles. The lowest BCUT2D eigenvalue weighted by Gasteiger charge is -2.54. The van der Waals surface area contributed by atoms with E-state index < -0.39 is 71.8 Å². The Hall–Kier alpha value is -2.57. The van der Waals surface area contributed by atoms with Crippen LogP contribution >= 0.6 is 0 Å².